The molecule has 0 aliphatic carbocycles. The van der Waals surface area contributed by atoms with E-state index in [-0.39, 0.29) is 12.0 Å². The van der Waals surface area contributed by atoms with Crippen LogP contribution in [0.4, 0.5) is 21.5 Å². The first-order chi connectivity index (χ1) is 11.2. The third kappa shape index (κ3) is 2.72. The summed E-state index contributed by atoms with van der Waals surface area (Å²) in [5, 5.41) is 0. The van der Waals surface area contributed by atoms with Crippen molar-refractivity contribution in [2.24, 2.45) is 0 Å². The van der Waals surface area contributed by atoms with Gasteiger partial charge >= 0.3 is 0 Å². The Morgan fingerprint density at radius 3 is 2.48 bits per heavy atom. The lowest BCUT2D eigenvalue weighted by molar-refractivity contribution is 0.624. The molecule has 0 saturated carbocycles. The molecule has 0 amide bonds. The lowest BCUT2D eigenvalue weighted by atomic mass is 10.1. The molecule has 0 N–H and O–H groups in total. The lowest BCUT2D eigenvalue weighted by Crippen LogP contribution is -2.38. The van der Waals surface area contributed by atoms with E-state index in [9.17, 15) is 4.39 Å². The van der Waals surface area contributed by atoms with E-state index in [1.54, 1.807) is 12.1 Å². The van der Waals surface area contributed by atoms with Crippen molar-refractivity contribution >= 4 is 23.1 Å². The van der Waals surface area contributed by atoms with Gasteiger partial charge in [-0.05, 0) is 43.2 Å². The molecule has 2 aromatic carbocycles. The Morgan fingerprint density at radius 1 is 1.04 bits per heavy atom. The van der Waals surface area contributed by atoms with Crippen LogP contribution >= 0.6 is 0 Å². The molecule has 3 heteroatoms. The van der Waals surface area contributed by atoms with E-state index in [0.29, 0.717) is 0 Å². The lowest BCUT2D eigenvalue weighted by Gasteiger charge is -2.31. The first kappa shape index (κ1) is 15.6. The standard InChI is InChI=1S/C20H23FN2/c1-4-6-9-15-14-16(21)12-13-17(15)23-19-11-8-7-10-18(19)22(3)20(23)5-2/h6-14,20H,4-5H2,1-3H3/b9-6+. The van der Waals surface area contributed by atoms with Crippen LogP contribution in [-0.4, -0.2) is 13.2 Å². The van der Waals surface area contributed by atoms with Crippen LogP contribution < -0.4 is 9.80 Å². The fourth-order valence-corrected chi connectivity index (χ4v) is 3.33. The number of benzene rings is 2. The van der Waals surface area contributed by atoms with Crippen molar-refractivity contribution in [1.82, 2.24) is 0 Å². The highest BCUT2D eigenvalue weighted by atomic mass is 19.1. The van der Waals surface area contributed by atoms with Crippen LogP contribution in [0.3, 0.4) is 0 Å². The molecule has 23 heavy (non-hydrogen) atoms. The molecule has 0 radical (unpaired) electrons. The van der Waals surface area contributed by atoms with E-state index in [0.717, 1.165) is 24.1 Å². The van der Waals surface area contributed by atoms with Gasteiger partial charge in [-0.2, -0.15) is 0 Å². The van der Waals surface area contributed by atoms with E-state index in [1.807, 2.05) is 12.1 Å². The molecular formula is C20H23FN2. The van der Waals surface area contributed by atoms with Crippen LogP contribution in [0.2, 0.25) is 0 Å². The average molecular weight is 310 g/mol. The number of hydrogen-bond acceptors (Lipinski definition) is 2. The van der Waals surface area contributed by atoms with E-state index in [2.05, 4.69) is 61.0 Å². The van der Waals surface area contributed by atoms with E-state index in [4.69, 9.17) is 0 Å². The van der Waals surface area contributed by atoms with Crippen molar-refractivity contribution in [2.45, 2.75) is 32.9 Å². The molecule has 0 saturated heterocycles. The van der Waals surface area contributed by atoms with E-state index < -0.39 is 0 Å². The van der Waals surface area contributed by atoms with Gasteiger partial charge in [-0.15, -0.1) is 0 Å². The highest BCUT2D eigenvalue weighted by Gasteiger charge is 2.33. The maximum atomic E-state index is 13.8. The molecule has 3 rings (SSSR count). The Kier molecular flexibility index (Phi) is 4.37. The quantitative estimate of drug-likeness (QED) is 0.728. The first-order valence-corrected chi connectivity index (χ1v) is 8.24. The van der Waals surface area contributed by atoms with Crippen LogP contribution in [-0.2, 0) is 0 Å². The fourth-order valence-electron chi connectivity index (χ4n) is 3.33. The summed E-state index contributed by atoms with van der Waals surface area (Å²) < 4.78 is 13.8. The van der Waals surface area contributed by atoms with Gasteiger partial charge in [0, 0.05) is 12.6 Å². The zero-order chi connectivity index (χ0) is 16.4. The summed E-state index contributed by atoms with van der Waals surface area (Å²) in [7, 11) is 2.12. The summed E-state index contributed by atoms with van der Waals surface area (Å²) in [5.41, 5.74) is 4.38. The monoisotopic (exact) mass is 310 g/mol. The Labute approximate surface area is 137 Å². The largest absolute Gasteiger partial charge is 0.352 e. The van der Waals surface area contributed by atoms with Crippen molar-refractivity contribution in [3.8, 4) is 0 Å². The van der Waals surface area contributed by atoms with Gasteiger partial charge in [-0.25, -0.2) is 4.39 Å². The Morgan fingerprint density at radius 2 is 1.78 bits per heavy atom. The van der Waals surface area contributed by atoms with Crippen molar-refractivity contribution in [3.05, 3.63) is 59.9 Å². The number of fused-ring (bicyclic) bond motifs is 1. The van der Waals surface area contributed by atoms with Crippen LogP contribution in [0.1, 0.15) is 32.3 Å². The van der Waals surface area contributed by atoms with Gasteiger partial charge < -0.3 is 9.80 Å². The SMILES string of the molecule is CC/C=C/c1cc(F)ccc1N1c2ccccc2N(C)C1CC. The third-order valence-corrected chi connectivity index (χ3v) is 4.41. The maximum Gasteiger partial charge on any atom is 0.123 e. The van der Waals surface area contributed by atoms with Gasteiger partial charge in [0.1, 0.15) is 12.0 Å². The average Bonchev–Trinajstić information content (AvgIpc) is 2.85. The number of allylic oxidation sites excluding steroid dienone is 1. The van der Waals surface area contributed by atoms with Gasteiger partial charge in [0.15, 0.2) is 0 Å². The van der Waals surface area contributed by atoms with Crippen molar-refractivity contribution in [2.75, 3.05) is 16.8 Å². The maximum absolute atomic E-state index is 13.8. The molecule has 2 aromatic rings. The minimum absolute atomic E-state index is 0.196. The van der Waals surface area contributed by atoms with Crippen LogP contribution in [0.5, 0.6) is 0 Å². The molecule has 1 aliphatic rings. The van der Waals surface area contributed by atoms with E-state index >= 15 is 0 Å². The second-order valence-corrected chi connectivity index (χ2v) is 5.87. The van der Waals surface area contributed by atoms with Gasteiger partial charge in [0.05, 0.1) is 17.1 Å². The summed E-state index contributed by atoms with van der Waals surface area (Å²) in [5.74, 6) is -0.196. The van der Waals surface area contributed by atoms with Crippen molar-refractivity contribution in [3.63, 3.8) is 0 Å². The van der Waals surface area contributed by atoms with E-state index in [1.165, 1.54) is 11.4 Å². The molecule has 0 bridgehead atoms. The number of hydrogen-bond donors (Lipinski definition) is 0. The van der Waals surface area contributed by atoms with Gasteiger partial charge in [0.25, 0.3) is 0 Å². The molecule has 1 aliphatic heterocycles. The molecule has 1 unspecified atom stereocenters. The Hall–Kier alpha value is -2.29. The molecule has 2 nitrogen and oxygen atoms in total. The van der Waals surface area contributed by atoms with Crippen molar-refractivity contribution in [1.29, 1.82) is 0 Å². The minimum atomic E-state index is -0.196. The number of nitrogens with zero attached hydrogens (tertiary/aromatic N) is 2. The molecule has 120 valence electrons. The summed E-state index contributed by atoms with van der Waals surface area (Å²) in [4.78, 5) is 4.62. The Balaban J connectivity index is 2.15. The molecule has 0 aromatic heterocycles. The summed E-state index contributed by atoms with van der Waals surface area (Å²) >= 11 is 0. The zero-order valence-electron chi connectivity index (χ0n) is 14.0. The topological polar surface area (TPSA) is 6.48 Å². The van der Waals surface area contributed by atoms with Crippen LogP contribution in [0, 0.1) is 5.82 Å². The molecule has 1 heterocycles. The second-order valence-electron chi connectivity index (χ2n) is 5.87. The number of rotatable bonds is 4. The third-order valence-electron chi connectivity index (χ3n) is 4.41. The second kappa shape index (κ2) is 6.45. The zero-order valence-corrected chi connectivity index (χ0v) is 14.0. The number of para-hydroxylation sites is 2. The Bertz CT molecular complexity index is 723. The van der Waals surface area contributed by atoms with Crippen LogP contribution in [0.25, 0.3) is 6.08 Å². The number of anilines is 3. The summed E-state index contributed by atoms with van der Waals surface area (Å²) in [6, 6.07) is 13.5. The smallest absolute Gasteiger partial charge is 0.123 e. The molecule has 0 spiro atoms. The normalized spacial score (nSPS) is 17.1. The van der Waals surface area contributed by atoms with Crippen molar-refractivity contribution < 1.29 is 4.39 Å². The van der Waals surface area contributed by atoms with Crippen LogP contribution in [0.15, 0.2) is 48.5 Å². The minimum Gasteiger partial charge on any atom is -0.352 e. The van der Waals surface area contributed by atoms with Gasteiger partial charge in [0.2, 0.25) is 0 Å². The summed E-state index contributed by atoms with van der Waals surface area (Å²) in [6.07, 6.45) is 6.26. The fraction of sp³-hybridized carbons (Fsp3) is 0.300. The summed E-state index contributed by atoms with van der Waals surface area (Å²) in [6.45, 7) is 4.27. The highest BCUT2D eigenvalue weighted by Crippen LogP contribution is 2.45. The van der Waals surface area contributed by atoms with Gasteiger partial charge in [-0.1, -0.05) is 38.1 Å². The van der Waals surface area contributed by atoms with Gasteiger partial charge in [-0.3, -0.25) is 0 Å². The predicted octanol–water partition coefficient (Wildman–Crippen LogP) is 5.57. The highest BCUT2D eigenvalue weighted by molar-refractivity contribution is 5.86. The first-order valence-electron chi connectivity index (χ1n) is 8.24. The molecule has 0 fully saturated rings. The number of halogens is 1. The predicted molar refractivity (Wildman–Crippen MR) is 96.8 cm³/mol. The molecular weight excluding hydrogens is 287 g/mol. The molecule has 1 atom stereocenters.